The molecule has 0 bridgehead atoms. The van der Waals surface area contributed by atoms with Gasteiger partial charge >= 0.3 is 0 Å². The van der Waals surface area contributed by atoms with Crippen molar-refractivity contribution in [2.24, 2.45) is 5.73 Å². The van der Waals surface area contributed by atoms with Crippen LogP contribution in [0.2, 0.25) is 0 Å². The minimum Gasteiger partial charge on any atom is -0.459 e. The fourth-order valence-electron chi connectivity index (χ4n) is 2.61. The standard InChI is InChI=1S/C15H17N3O4S/c1-9-3-4-11(22-9)12-17-10(7-23-12)13(19)18-6-2-5-15(21,8-18)14(16)20/h3-4,7,21H,2,5-6,8H2,1H3,(H2,16,20). The number of carbonyl (C=O) groups is 2. The summed E-state index contributed by atoms with van der Waals surface area (Å²) in [6.07, 6.45) is 0.777. The normalized spacial score (nSPS) is 21.4. The Morgan fingerprint density at radius 2 is 2.26 bits per heavy atom. The zero-order valence-corrected chi connectivity index (χ0v) is 13.4. The largest absolute Gasteiger partial charge is 0.459 e. The molecular formula is C15H17N3O4S. The second-order valence-corrected chi connectivity index (χ2v) is 6.53. The van der Waals surface area contributed by atoms with Crippen LogP contribution >= 0.6 is 11.3 Å². The highest BCUT2D eigenvalue weighted by atomic mass is 32.1. The summed E-state index contributed by atoms with van der Waals surface area (Å²) in [6, 6.07) is 3.63. The lowest BCUT2D eigenvalue weighted by molar-refractivity contribution is -0.140. The molecular weight excluding hydrogens is 318 g/mol. The highest BCUT2D eigenvalue weighted by Gasteiger charge is 2.40. The van der Waals surface area contributed by atoms with Gasteiger partial charge in [-0.2, -0.15) is 0 Å². The second kappa shape index (κ2) is 5.78. The Morgan fingerprint density at radius 1 is 1.48 bits per heavy atom. The molecule has 1 aliphatic rings. The minimum absolute atomic E-state index is 0.103. The predicted octanol–water partition coefficient (Wildman–Crippen LogP) is 1.16. The summed E-state index contributed by atoms with van der Waals surface area (Å²) in [5.74, 6) is 0.250. The third kappa shape index (κ3) is 2.99. The molecule has 122 valence electrons. The van der Waals surface area contributed by atoms with Gasteiger partial charge in [-0.1, -0.05) is 0 Å². The number of thiazole rings is 1. The molecule has 1 fully saturated rings. The Morgan fingerprint density at radius 3 is 2.91 bits per heavy atom. The van der Waals surface area contributed by atoms with E-state index in [1.807, 2.05) is 13.0 Å². The zero-order valence-electron chi connectivity index (χ0n) is 12.6. The number of primary amides is 1. The molecule has 0 radical (unpaired) electrons. The van der Waals surface area contributed by atoms with Crippen LogP contribution in [0.25, 0.3) is 10.8 Å². The number of amides is 2. The van der Waals surface area contributed by atoms with Crippen molar-refractivity contribution in [3.63, 3.8) is 0 Å². The molecule has 0 aliphatic carbocycles. The maximum absolute atomic E-state index is 12.5. The molecule has 23 heavy (non-hydrogen) atoms. The van der Waals surface area contributed by atoms with Gasteiger partial charge in [0.2, 0.25) is 0 Å². The van der Waals surface area contributed by atoms with Crippen molar-refractivity contribution in [3.05, 3.63) is 29.0 Å². The Kier molecular flexibility index (Phi) is 3.95. The number of β-amino-alcohol motifs (C(OH)–C–C–N with tert-alkyl or cyclic N) is 1. The van der Waals surface area contributed by atoms with E-state index >= 15 is 0 Å². The van der Waals surface area contributed by atoms with Gasteiger partial charge in [0.25, 0.3) is 11.8 Å². The molecule has 1 unspecified atom stereocenters. The summed E-state index contributed by atoms with van der Waals surface area (Å²) in [7, 11) is 0. The van der Waals surface area contributed by atoms with Crippen molar-refractivity contribution in [2.75, 3.05) is 13.1 Å². The van der Waals surface area contributed by atoms with Crippen LogP contribution in [0.4, 0.5) is 0 Å². The van der Waals surface area contributed by atoms with Crippen LogP contribution in [-0.4, -0.2) is 45.5 Å². The van der Waals surface area contributed by atoms with Gasteiger partial charge in [-0.25, -0.2) is 4.98 Å². The number of likely N-dealkylation sites (tertiary alicyclic amines) is 1. The number of aliphatic hydroxyl groups is 1. The van der Waals surface area contributed by atoms with E-state index in [0.717, 1.165) is 5.76 Å². The van der Waals surface area contributed by atoms with Crippen LogP contribution in [0.3, 0.4) is 0 Å². The first-order valence-corrected chi connectivity index (χ1v) is 8.11. The number of rotatable bonds is 3. The molecule has 2 aromatic rings. The maximum Gasteiger partial charge on any atom is 0.273 e. The van der Waals surface area contributed by atoms with Gasteiger partial charge in [0.15, 0.2) is 16.4 Å². The minimum atomic E-state index is -1.66. The lowest BCUT2D eigenvalue weighted by atomic mass is 9.92. The van der Waals surface area contributed by atoms with Gasteiger partial charge in [0.1, 0.15) is 11.5 Å². The number of carbonyl (C=O) groups excluding carboxylic acids is 2. The third-order valence-electron chi connectivity index (χ3n) is 3.89. The van der Waals surface area contributed by atoms with Crippen molar-refractivity contribution >= 4 is 23.2 Å². The molecule has 8 heteroatoms. The first kappa shape index (κ1) is 15.7. The van der Waals surface area contributed by atoms with E-state index in [1.165, 1.54) is 16.2 Å². The number of nitrogens with zero attached hydrogens (tertiary/aromatic N) is 2. The zero-order chi connectivity index (χ0) is 16.6. The summed E-state index contributed by atoms with van der Waals surface area (Å²) < 4.78 is 5.49. The summed E-state index contributed by atoms with van der Waals surface area (Å²) in [5.41, 5.74) is 3.84. The molecule has 3 rings (SSSR count). The van der Waals surface area contributed by atoms with Crippen LogP contribution < -0.4 is 5.73 Å². The first-order valence-electron chi connectivity index (χ1n) is 7.23. The molecule has 3 heterocycles. The van der Waals surface area contributed by atoms with Crippen molar-refractivity contribution in [1.29, 1.82) is 0 Å². The molecule has 1 saturated heterocycles. The molecule has 7 nitrogen and oxygen atoms in total. The van der Waals surface area contributed by atoms with Crippen LogP contribution in [0.1, 0.15) is 29.1 Å². The highest BCUT2D eigenvalue weighted by Crippen LogP contribution is 2.27. The quantitative estimate of drug-likeness (QED) is 0.875. The molecule has 0 aromatic carbocycles. The molecule has 2 aromatic heterocycles. The van der Waals surface area contributed by atoms with Gasteiger partial charge < -0.3 is 20.2 Å². The van der Waals surface area contributed by atoms with E-state index in [1.54, 1.807) is 11.4 Å². The predicted molar refractivity (Wildman–Crippen MR) is 83.8 cm³/mol. The number of hydrogen-bond acceptors (Lipinski definition) is 6. The van der Waals surface area contributed by atoms with Crippen molar-refractivity contribution < 1.29 is 19.1 Å². The third-order valence-corrected chi connectivity index (χ3v) is 4.75. The van der Waals surface area contributed by atoms with Gasteiger partial charge in [-0.15, -0.1) is 11.3 Å². The number of aromatic nitrogens is 1. The molecule has 1 aliphatic heterocycles. The molecule has 2 amide bonds. The fourth-order valence-corrected chi connectivity index (χ4v) is 3.36. The van der Waals surface area contributed by atoms with E-state index in [-0.39, 0.29) is 24.6 Å². The second-order valence-electron chi connectivity index (χ2n) is 5.67. The van der Waals surface area contributed by atoms with Crippen molar-refractivity contribution in [3.8, 4) is 10.8 Å². The first-order chi connectivity index (χ1) is 10.9. The van der Waals surface area contributed by atoms with Crippen LogP contribution in [0, 0.1) is 6.92 Å². The van der Waals surface area contributed by atoms with Crippen LogP contribution in [0.15, 0.2) is 21.9 Å². The van der Waals surface area contributed by atoms with Gasteiger partial charge in [-0.3, -0.25) is 9.59 Å². The molecule has 3 N–H and O–H groups in total. The SMILES string of the molecule is Cc1ccc(-c2nc(C(=O)N3CCCC(O)(C(N)=O)C3)cs2)o1. The molecule has 0 spiro atoms. The summed E-state index contributed by atoms with van der Waals surface area (Å²) in [4.78, 5) is 29.6. The topological polar surface area (TPSA) is 110 Å². The lowest BCUT2D eigenvalue weighted by Crippen LogP contribution is -2.57. The van der Waals surface area contributed by atoms with Gasteiger partial charge in [0, 0.05) is 11.9 Å². The summed E-state index contributed by atoms with van der Waals surface area (Å²) >= 11 is 1.31. The van der Waals surface area contributed by atoms with E-state index in [0.29, 0.717) is 23.7 Å². The van der Waals surface area contributed by atoms with Gasteiger partial charge in [-0.05, 0) is 31.9 Å². The number of nitrogens with two attached hydrogens (primary N) is 1. The van der Waals surface area contributed by atoms with E-state index < -0.39 is 11.5 Å². The smallest absolute Gasteiger partial charge is 0.273 e. The van der Waals surface area contributed by atoms with Crippen molar-refractivity contribution in [1.82, 2.24) is 9.88 Å². The van der Waals surface area contributed by atoms with E-state index in [2.05, 4.69) is 4.98 Å². The fraction of sp³-hybridized carbons (Fsp3) is 0.400. The monoisotopic (exact) mass is 335 g/mol. The Balaban J connectivity index is 1.78. The number of piperidine rings is 1. The average Bonchev–Trinajstić information content (AvgIpc) is 3.15. The summed E-state index contributed by atoms with van der Waals surface area (Å²) in [6.45, 7) is 2.19. The van der Waals surface area contributed by atoms with E-state index in [4.69, 9.17) is 10.2 Å². The highest BCUT2D eigenvalue weighted by molar-refractivity contribution is 7.13. The Labute approximate surface area is 136 Å². The van der Waals surface area contributed by atoms with Gasteiger partial charge in [0.05, 0.1) is 6.54 Å². The molecule has 0 saturated carbocycles. The Hall–Kier alpha value is -2.19. The lowest BCUT2D eigenvalue weighted by Gasteiger charge is -2.36. The van der Waals surface area contributed by atoms with Crippen LogP contribution in [0.5, 0.6) is 0 Å². The number of hydrogen-bond donors (Lipinski definition) is 2. The maximum atomic E-state index is 12.5. The molecule has 1 atom stereocenters. The van der Waals surface area contributed by atoms with E-state index in [9.17, 15) is 14.7 Å². The summed E-state index contributed by atoms with van der Waals surface area (Å²) in [5, 5.41) is 12.5. The number of aryl methyl sites for hydroxylation is 1. The Bertz CT molecular complexity index is 753. The number of furan rings is 1. The van der Waals surface area contributed by atoms with Crippen molar-refractivity contribution in [2.45, 2.75) is 25.4 Å². The van der Waals surface area contributed by atoms with Crippen LogP contribution in [-0.2, 0) is 4.79 Å². The average molecular weight is 335 g/mol.